The largest absolute Gasteiger partial charge is 0.386 e. The highest BCUT2D eigenvalue weighted by Gasteiger charge is 2.37. The normalized spacial score (nSPS) is 37.1. The number of rotatable bonds is 1. The molecule has 1 fully saturated rings. The Morgan fingerprint density at radius 2 is 1.77 bits per heavy atom. The van der Waals surface area contributed by atoms with Crippen LogP contribution in [0.2, 0.25) is 0 Å². The summed E-state index contributed by atoms with van der Waals surface area (Å²) in [5.74, 6) is 0. The molecule has 0 aromatic heterocycles. The monoisotopic (exact) mass is 180 g/mol. The third-order valence-electron chi connectivity index (χ3n) is 4.01. The summed E-state index contributed by atoms with van der Waals surface area (Å²) >= 11 is 0. The Balaban J connectivity index is 2.11. The van der Waals surface area contributed by atoms with Gasteiger partial charge in [0.15, 0.2) is 0 Å². The molecule has 74 valence electrons. The summed E-state index contributed by atoms with van der Waals surface area (Å²) in [4.78, 5) is 0. The maximum Gasteiger partial charge on any atom is 0.0825 e. The molecule has 1 heteroatoms. The second-order valence-corrected chi connectivity index (χ2v) is 4.86. The zero-order valence-electron chi connectivity index (χ0n) is 8.55. The van der Waals surface area contributed by atoms with Gasteiger partial charge in [-0.15, -0.1) is 0 Å². The molecule has 1 unspecified atom stereocenters. The molecule has 0 amide bonds. The lowest BCUT2D eigenvalue weighted by Gasteiger charge is -2.36. The van der Waals surface area contributed by atoms with Crippen LogP contribution in [-0.4, -0.2) is 10.7 Å². The third-order valence-corrected chi connectivity index (χ3v) is 4.01. The Morgan fingerprint density at radius 1 is 1.08 bits per heavy atom. The van der Waals surface area contributed by atoms with Crippen LogP contribution in [0.4, 0.5) is 0 Å². The van der Waals surface area contributed by atoms with E-state index in [1.165, 1.54) is 32.1 Å². The van der Waals surface area contributed by atoms with Crippen molar-refractivity contribution in [1.82, 2.24) is 0 Å². The zero-order chi connectivity index (χ0) is 9.36. The first-order valence-electron chi connectivity index (χ1n) is 5.61. The lowest BCUT2D eigenvalue weighted by Crippen LogP contribution is -2.32. The summed E-state index contributed by atoms with van der Waals surface area (Å²) in [6, 6.07) is 0. The molecule has 0 aromatic carbocycles. The summed E-state index contributed by atoms with van der Waals surface area (Å²) < 4.78 is 0. The molecule has 1 N–H and O–H groups in total. The van der Waals surface area contributed by atoms with Gasteiger partial charge in [-0.2, -0.15) is 0 Å². The maximum atomic E-state index is 10.0. The molecule has 0 heterocycles. The van der Waals surface area contributed by atoms with Gasteiger partial charge in [0.25, 0.3) is 0 Å². The molecular weight excluding hydrogens is 160 g/mol. The molecule has 2 aliphatic carbocycles. The van der Waals surface area contributed by atoms with Crippen LogP contribution < -0.4 is 0 Å². The standard InChI is InChI=1S/C12H20O/c1-2-12(13)9-7-11(8-10-12)5-3-4-6-11/h7,9,13H,2-6,8,10H2,1H3. The van der Waals surface area contributed by atoms with Crippen molar-refractivity contribution in [3.8, 4) is 0 Å². The second-order valence-electron chi connectivity index (χ2n) is 4.86. The molecule has 0 aromatic rings. The lowest BCUT2D eigenvalue weighted by atomic mass is 9.72. The first-order chi connectivity index (χ1) is 6.18. The van der Waals surface area contributed by atoms with E-state index in [0.29, 0.717) is 5.41 Å². The van der Waals surface area contributed by atoms with E-state index < -0.39 is 5.60 Å². The minimum atomic E-state index is -0.478. The molecule has 2 rings (SSSR count). The zero-order valence-corrected chi connectivity index (χ0v) is 8.55. The van der Waals surface area contributed by atoms with Crippen molar-refractivity contribution in [1.29, 1.82) is 0 Å². The van der Waals surface area contributed by atoms with Crippen molar-refractivity contribution in [2.24, 2.45) is 5.41 Å². The summed E-state index contributed by atoms with van der Waals surface area (Å²) in [5.41, 5.74) is 0.00917. The smallest absolute Gasteiger partial charge is 0.0825 e. The summed E-state index contributed by atoms with van der Waals surface area (Å²) in [7, 11) is 0. The van der Waals surface area contributed by atoms with Crippen molar-refractivity contribution < 1.29 is 5.11 Å². The summed E-state index contributed by atoms with van der Waals surface area (Å²) in [6.07, 6.45) is 12.9. The Morgan fingerprint density at radius 3 is 2.23 bits per heavy atom. The van der Waals surface area contributed by atoms with E-state index in [2.05, 4.69) is 19.1 Å². The fourth-order valence-corrected chi connectivity index (χ4v) is 2.75. The summed E-state index contributed by atoms with van der Waals surface area (Å²) in [6.45, 7) is 2.07. The van der Waals surface area contributed by atoms with Crippen LogP contribution in [0.1, 0.15) is 51.9 Å². The van der Waals surface area contributed by atoms with E-state index in [1.54, 1.807) is 0 Å². The molecule has 13 heavy (non-hydrogen) atoms. The second kappa shape index (κ2) is 3.13. The van der Waals surface area contributed by atoms with Crippen molar-refractivity contribution in [3.05, 3.63) is 12.2 Å². The van der Waals surface area contributed by atoms with Crippen LogP contribution in [0.5, 0.6) is 0 Å². The van der Waals surface area contributed by atoms with Crippen LogP contribution in [0, 0.1) is 5.41 Å². The third kappa shape index (κ3) is 1.67. The van der Waals surface area contributed by atoms with E-state index in [-0.39, 0.29) is 0 Å². The Labute approximate surface area is 80.8 Å². The molecule has 1 saturated carbocycles. The van der Waals surface area contributed by atoms with Gasteiger partial charge in [-0.25, -0.2) is 0 Å². The van der Waals surface area contributed by atoms with Gasteiger partial charge in [-0.05, 0) is 37.5 Å². The first-order valence-corrected chi connectivity index (χ1v) is 5.61. The number of allylic oxidation sites excluding steroid dienone is 1. The Kier molecular flexibility index (Phi) is 2.23. The van der Waals surface area contributed by atoms with E-state index in [0.717, 1.165) is 12.8 Å². The van der Waals surface area contributed by atoms with Gasteiger partial charge >= 0.3 is 0 Å². The molecule has 2 aliphatic rings. The molecule has 0 saturated heterocycles. The molecule has 0 aliphatic heterocycles. The van der Waals surface area contributed by atoms with E-state index in [9.17, 15) is 5.11 Å². The topological polar surface area (TPSA) is 20.2 Å². The number of aliphatic hydroxyl groups is 1. The van der Waals surface area contributed by atoms with E-state index >= 15 is 0 Å². The molecule has 0 radical (unpaired) electrons. The predicted molar refractivity (Wildman–Crippen MR) is 54.5 cm³/mol. The highest BCUT2D eigenvalue weighted by Crippen LogP contribution is 2.47. The first kappa shape index (κ1) is 9.26. The minimum Gasteiger partial charge on any atom is -0.386 e. The molecule has 1 spiro atoms. The van der Waals surface area contributed by atoms with Gasteiger partial charge in [0.05, 0.1) is 5.60 Å². The summed E-state index contributed by atoms with van der Waals surface area (Å²) in [5, 5.41) is 10.0. The molecular formula is C12H20O. The van der Waals surface area contributed by atoms with E-state index in [1.807, 2.05) is 0 Å². The quantitative estimate of drug-likeness (QED) is 0.615. The fraction of sp³-hybridized carbons (Fsp3) is 0.833. The maximum absolute atomic E-state index is 10.0. The van der Waals surface area contributed by atoms with Crippen LogP contribution in [0.25, 0.3) is 0 Å². The Bertz CT molecular complexity index is 213. The van der Waals surface area contributed by atoms with Gasteiger partial charge in [-0.3, -0.25) is 0 Å². The number of hydrogen-bond donors (Lipinski definition) is 1. The average Bonchev–Trinajstić information content (AvgIpc) is 2.61. The van der Waals surface area contributed by atoms with Gasteiger partial charge in [-0.1, -0.05) is 31.9 Å². The molecule has 1 atom stereocenters. The molecule has 0 bridgehead atoms. The number of hydrogen-bond acceptors (Lipinski definition) is 1. The van der Waals surface area contributed by atoms with Crippen molar-refractivity contribution in [3.63, 3.8) is 0 Å². The minimum absolute atomic E-state index is 0.478. The van der Waals surface area contributed by atoms with Crippen LogP contribution in [-0.2, 0) is 0 Å². The average molecular weight is 180 g/mol. The van der Waals surface area contributed by atoms with E-state index in [4.69, 9.17) is 0 Å². The SMILES string of the molecule is CCC1(O)C=CC2(CCCC2)CC1. The van der Waals surface area contributed by atoms with Crippen molar-refractivity contribution in [2.75, 3.05) is 0 Å². The predicted octanol–water partition coefficient (Wildman–Crippen LogP) is 3.04. The van der Waals surface area contributed by atoms with Gasteiger partial charge in [0.2, 0.25) is 0 Å². The van der Waals surface area contributed by atoms with Crippen molar-refractivity contribution >= 4 is 0 Å². The van der Waals surface area contributed by atoms with Gasteiger partial charge < -0.3 is 5.11 Å². The Hall–Kier alpha value is -0.300. The highest BCUT2D eigenvalue weighted by atomic mass is 16.3. The van der Waals surface area contributed by atoms with Crippen LogP contribution >= 0.6 is 0 Å². The van der Waals surface area contributed by atoms with Gasteiger partial charge in [0, 0.05) is 0 Å². The van der Waals surface area contributed by atoms with Crippen LogP contribution in [0.3, 0.4) is 0 Å². The van der Waals surface area contributed by atoms with Crippen LogP contribution in [0.15, 0.2) is 12.2 Å². The highest BCUT2D eigenvalue weighted by molar-refractivity contribution is 5.14. The lowest BCUT2D eigenvalue weighted by molar-refractivity contribution is 0.0531. The fourth-order valence-electron chi connectivity index (χ4n) is 2.75. The van der Waals surface area contributed by atoms with Gasteiger partial charge in [0.1, 0.15) is 0 Å². The molecule has 1 nitrogen and oxygen atoms in total. The van der Waals surface area contributed by atoms with Crippen molar-refractivity contribution in [2.45, 2.75) is 57.5 Å².